The van der Waals surface area contributed by atoms with E-state index in [1.54, 1.807) is 6.92 Å². The van der Waals surface area contributed by atoms with E-state index in [1.807, 2.05) is 51.1 Å². The first-order valence-corrected chi connectivity index (χ1v) is 9.82. The Balaban J connectivity index is 2.26. The number of amides is 1. The van der Waals surface area contributed by atoms with Crippen LogP contribution in [0.3, 0.4) is 0 Å². The lowest BCUT2D eigenvalue weighted by atomic mass is 9.65. The third kappa shape index (κ3) is 4.83. The van der Waals surface area contributed by atoms with E-state index < -0.39 is 23.6 Å². The topological polar surface area (TPSA) is 55.8 Å². The first-order chi connectivity index (χ1) is 13.1. The summed E-state index contributed by atoms with van der Waals surface area (Å²) in [5.74, 6) is -0.661. The number of piperidine rings is 1. The predicted molar refractivity (Wildman–Crippen MR) is 105 cm³/mol. The first-order valence-electron chi connectivity index (χ1n) is 9.82. The van der Waals surface area contributed by atoms with Gasteiger partial charge in [-0.05, 0) is 29.7 Å². The summed E-state index contributed by atoms with van der Waals surface area (Å²) in [4.78, 5) is 26.9. The zero-order chi connectivity index (χ0) is 20.9. The number of alkyl halides is 1. The van der Waals surface area contributed by atoms with Crippen molar-refractivity contribution in [3.8, 4) is 0 Å². The molecule has 5 nitrogen and oxygen atoms in total. The Morgan fingerprint density at radius 1 is 1.29 bits per heavy atom. The van der Waals surface area contributed by atoms with Crippen molar-refractivity contribution in [2.75, 3.05) is 20.2 Å². The van der Waals surface area contributed by atoms with Crippen molar-refractivity contribution in [1.29, 1.82) is 0 Å². The smallest absolute Gasteiger partial charge is 0.410 e. The SMILES string of the molecule is CCC(F)[C@@]1(C(=O)OC)C[C@@H](C(C)(C)C)CN(C(=O)OCc2ccccc2)C1. The van der Waals surface area contributed by atoms with E-state index in [1.165, 1.54) is 12.0 Å². The second-order valence-electron chi connectivity index (χ2n) is 8.71. The number of carbonyl (C=O) groups excluding carboxylic acids is 2. The van der Waals surface area contributed by atoms with Crippen LogP contribution in [0.4, 0.5) is 9.18 Å². The highest BCUT2D eigenvalue weighted by molar-refractivity contribution is 5.79. The molecule has 3 atom stereocenters. The van der Waals surface area contributed by atoms with Gasteiger partial charge in [-0.15, -0.1) is 0 Å². The second-order valence-corrected chi connectivity index (χ2v) is 8.71. The molecule has 28 heavy (non-hydrogen) atoms. The van der Waals surface area contributed by atoms with E-state index in [0.717, 1.165) is 5.56 Å². The summed E-state index contributed by atoms with van der Waals surface area (Å²) < 4.78 is 25.5. The zero-order valence-corrected chi connectivity index (χ0v) is 17.5. The molecule has 1 amide bonds. The molecule has 0 radical (unpaired) electrons. The number of halogens is 1. The van der Waals surface area contributed by atoms with Gasteiger partial charge in [0.1, 0.15) is 18.2 Å². The molecule has 0 aliphatic carbocycles. The van der Waals surface area contributed by atoms with Crippen molar-refractivity contribution >= 4 is 12.1 Å². The van der Waals surface area contributed by atoms with Gasteiger partial charge in [0.2, 0.25) is 0 Å². The van der Waals surface area contributed by atoms with Crippen LogP contribution in [0.25, 0.3) is 0 Å². The molecule has 1 fully saturated rings. The van der Waals surface area contributed by atoms with Crippen molar-refractivity contribution in [2.45, 2.75) is 53.3 Å². The molecular weight excluding hydrogens is 361 g/mol. The number of hydrogen-bond acceptors (Lipinski definition) is 4. The molecule has 1 heterocycles. The number of hydrogen-bond donors (Lipinski definition) is 0. The number of nitrogens with zero attached hydrogens (tertiary/aromatic N) is 1. The van der Waals surface area contributed by atoms with Crippen molar-refractivity contribution in [1.82, 2.24) is 4.90 Å². The highest BCUT2D eigenvalue weighted by Gasteiger charge is 2.54. The van der Waals surface area contributed by atoms with Crippen LogP contribution in [-0.2, 0) is 20.9 Å². The Labute approximate surface area is 167 Å². The van der Waals surface area contributed by atoms with Gasteiger partial charge in [-0.2, -0.15) is 0 Å². The minimum atomic E-state index is -1.39. The first kappa shape index (κ1) is 22.2. The number of ether oxygens (including phenoxy) is 2. The fraction of sp³-hybridized carbons (Fsp3) is 0.636. The highest BCUT2D eigenvalue weighted by atomic mass is 19.1. The molecule has 2 rings (SSSR count). The quantitative estimate of drug-likeness (QED) is 0.686. The van der Waals surface area contributed by atoms with Crippen LogP contribution in [0.1, 0.15) is 46.1 Å². The maximum Gasteiger partial charge on any atom is 0.410 e. The summed E-state index contributed by atoms with van der Waals surface area (Å²) in [6, 6.07) is 9.37. The standard InChI is InChI=1S/C22H32FNO4/c1-6-18(23)22(19(25)27-5)12-17(21(2,3)4)13-24(15-22)20(26)28-14-16-10-8-7-9-11-16/h7-11,17-18H,6,12-15H2,1-5H3/t17-,18?,22-/m1/s1. The summed E-state index contributed by atoms with van der Waals surface area (Å²) in [6.45, 7) is 8.34. The van der Waals surface area contributed by atoms with Crippen LogP contribution < -0.4 is 0 Å². The van der Waals surface area contributed by atoms with Crippen molar-refractivity contribution in [3.05, 3.63) is 35.9 Å². The number of carbonyl (C=O) groups is 2. The number of methoxy groups -OCH3 is 1. The summed E-state index contributed by atoms with van der Waals surface area (Å²) in [5.41, 5.74) is -0.701. The third-order valence-electron chi connectivity index (χ3n) is 5.76. The number of benzene rings is 1. The lowest BCUT2D eigenvalue weighted by molar-refractivity contribution is -0.165. The number of esters is 1. The Morgan fingerprint density at radius 2 is 1.93 bits per heavy atom. The molecule has 0 N–H and O–H groups in total. The van der Waals surface area contributed by atoms with E-state index in [9.17, 15) is 9.59 Å². The largest absolute Gasteiger partial charge is 0.468 e. The minimum absolute atomic E-state index is 0.0329. The molecule has 1 aliphatic rings. The Bertz CT molecular complexity index is 673. The molecule has 1 unspecified atom stereocenters. The Kier molecular flexibility index (Phi) is 7.07. The molecular formula is C22H32FNO4. The van der Waals surface area contributed by atoms with Gasteiger partial charge < -0.3 is 14.4 Å². The van der Waals surface area contributed by atoms with Crippen molar-refractivity contribution < 1.29 is 23.5 Å². The van der Waals surface area contributed by atoms with Crippen LogP contribution in [0.15, 0.2) is 30.3 Å². The normalized spacial score (nSPS) is 23.8. The molecule has 0 spiro atoms. The lowest BCUT2D eigenvalue weighted by Crippen LogP contribution is -2.59. The molecule has 0 aromatic heterocycles. The van der Waals surface area contributed by atoms with Crippen molar-refractivity contribution in [2.24, 2.45) is 16.7 Å². The van der Waals surface area contributed by atoms with Gasteiger partial charge in [0.05, 0.1) is 7.11 Å². The number of rotatable bonds is 5. The summed E-state index contributed by atoms with van der Waals surface area (Å²) in [7, 11) is 1.27. The van der Waals surface area contributed by atoms with Gasteiger partial charge in [-0.3, -0.25) is 4.79 Å². The maximum absolute atomic E-state index is 15.1. The molecule has 1 aliphatic heterocycles. The van der Waals surface area contributed by atoms with Gasteiger partial charge in [-0.25, -0.2) is 9.18 Å². The van der Waals surface area contributed by atoms with Gasteiger partial charge in [0.25, 0.3) is 0 Å². The fourth-order valence-electron chi connectivity index (χ4n) is 3.87. The average Bonchev–Trinajstić information content (AvgIpc) is 2.70. The predicted octanol–water partition coefficient (Wildman–Crippen LogP) is 4.60. The summed E-state index contributed by atoms with van der Waals surface area (Å²) >= 11 is 0. The minimum Gasteiger partial charge on any atom is -0.468 e. The molecule has 1 aromatic rings. The van der Waals surface area contributed by atoms with Crippen LogP contribution in [0, 0.1) is 16.7 Å². The second kappa shape index (κ2) is 8.93. The van der Waals surface area contributed by atoms with E-state index in [2.05, 4.69) is 0 Å². The van der Waals surface area contributed by atoms with Gasteiger partial charge in [-0.1, -0.05) is 58.0 Å². The van der Waals surface area contributed by atoms with Gasteiger partial charge >= 0.3 is 12.1 Å². The van der Waals surface area contributed by atoms with Crippen LogP contribution in [0.2, 0.25) is 0 Å². The summed E-state index contributed by atoms with van der Waals surface area (Å²) in [6.07, 6.45) is -1.40. The van der Waals surface area contributed by atoms with E-state index in [0.29, 0.717) is 13.0 Å². The number of likely N-dealkylation sites (tertiary alicyclic amines) is 1. The molecule has 6 heteroatoms. The molecule has 1 aromatic carbocycles. The third-order valence-corrected chi connectivity index (χ3v) is 5.76. The Hall–Kier alpha value is -2.11. The monoisotopic (exact) mass is 393 g/mol. The van der Waals surface area contributed by atoms with E-state index >= 15 is 4.39 Å². The Morgan fingerprint density at radius 3 is 2.46 bits per heavy atom. The zero-order valence-electron chi connectivity index (χ0n) is 17.5. The molecule has 156 valence electrons. The lowest BCUT2D eigenvalue weighted by Gasteiger charge is -2.48. The van der Waals surface area contributed by atoms with Gasteiger partial charge in [0, 0.05) is 13.1 Å². The van der Waals surface area contributed by atoms with Crippen molar-refractivity contribution in [3.63, 3.8) is 0 Å². The fourth-order valence-corrected chi connectivity index (χ4v) is 3.87. The van der Waals surface area contributed by atoms with Gasteiger partial charge in [0.15, 0.2) is 0 Å². The van der Waals surface area contributed by atoms with Crippen LogP contribution in [0.5, 0.6) is 0 Å². The average molecular weight is 393 g/mol. The molecule has 1 saturated heterocycles. The summed E-state index contributed by atoms with van der Waals surface area (Å²) in [5, 5.41) is 0. The van der Waals surface area contributed by atoms with Crippen LogP contribution in [-0.4, -0.2) is 43.3 Å². The maximum atomic E-state index is 15.1. The van der Waals surface area contributed by atoms with Crippen LogP contribution >= 0.6 is 0 Å². The van der Waals surface area contributed by atoms with E-state index in [-0.39, 0.29) is 30.9 Å². The van der Waals surface area contributed by atoms with E-state index in [4.69, 9.17) is 9.47 Å². The molecule has 0 bridgehead atoms. The molecule has 0 saturated carbocycles. The highest BCUT2D eigenvalue weighted by Crippen LogP contribution is 2.45.